The summed E-state index contributed by atoms with van der Waals surface area (Å²) in [5, 5.41) is 15.9. The molecule has 1 N–H and O–H groups in total. The number of nitrogens with zero attached hydrogens (tertiary/aromatic N) is 5. The minimum absolute atomic E-state index is 0.0111. The third kappa shape index (κ3) is 4.80. The van der Waals surface area contributed by atoms with E-state index in [-0.39, 0.29) is 55.2 Å². The van der Waals surface area contributed by atoms with Crippen molar-refractivity contribution in [1.29, 1.82) is 0 Å². The number of benzene rings is 1. The second-order valence-electron chi connectivity index (χ2n) is 10.7. The third-order valence-corrected chi connectivity index (χ3v) is 8.20. The molecule has 0 radical (unpaired) electrons. The molecule has 2 fully saturated rings. The van der Waals surface area contributed by atoms with Crippen LogP contribution in [-0.4, -0.2) is 56.9 Å². The van der Waals surface area contributed by atoms with Gasteiger partial charge in [-0.2, -0.15) is 5.10 Å². The molecular formula is C28H30F3N5O3. The van der Waals surface area contributed by atoms with Crippen LogP contribution in [0, 0.1) is 35.2 Å². The van der Waals surface area contributed by atoms with Gasteiger partial charge in [0, 0.05) is 63.1 Å². The van der Waals surface area contributed by atoms with Gasteiger partial charge < -0.3 is 14.9 Å². The molecule has 0 spiro atoms. The molecular weight excluding hydrogens is 511 g/mol. The molecule has 4 heterocycles. The van der Waals surface area contributed by atoms with E-state index in [0.29, 0.717) is 11.4 Å². The normalized spacial score (nSPS) is 27.2. The molecule has 5 rings (SSSR count). The van der Waals surface area contributed by atoms with Gasteiger partial charge in [0.1, 0.15) is 23.3 Å². The summed E-state index contributed by atoms with van der Waals surface area (Å²) in [6.07, 6.45) is 0.931. The lowest BCUT2D eigenvalue weighted by molar-refractivity contribution is -0.152. The maximum atomic E-state index is 14.9. The highest BCUT2D eigenvalue weighted by Gasteiger charge is 2.49. The van der Waals surface area contributed by atoms with Crippen molar-refractivity contribution in [2.75, 3.05) is 31.1 Å². The standard InChI is InChI=1S/C28H30F3N5O3/c1-16-12-36(13-17(2)28(16,39)18-4-6-19(29)7-5-18)27(38)22-15-35(24-8-9-25(37)34(3)33-24)14-21(22)26-23(31)10-20(30)11-32-26/h4-11,16-17,21-22,39H,12-15H2,1-3H3/t16-,17+,21-,22-,28?/m1/s1. The maximum absolute atomic E-state index is 14.9. The smallest absolute Gasteiger partial charge is 0.266 e. The first kappa shape index (κ1) is 26.9. The van der Waals surface area contributed by atoms with Gasteiger partial charge in [0.05, 0.1) is 23.4 Å². The fraction of sp³-hybridized carbons (Fsp3) is 0.429. The number of likely N-dealkylation sites (tertiary alicyclic amines) is 1. The van der Waals surface area contributed by atoms with Crippen LogP contribution in [0.25, 0.3) is 0 Å². The third-order valence-electron chi connectivity index (χ3n) is 8.20. The van der Waals surface area contributed by atoms with Crippen molar-refractivity contribution in [3.63, 3.8) is 0 Å². The SMILES string of the molecule is C[C@@H]1CN(C(=O)[C@@H]2CN(c3ccc(=O)n(C)n3)C[C@H]2c2ncc(F)cc2F)C[C@H](C)C1(O)c1ccc(F)cc1. The van der Waals surface area contributed by atoms with Crippen LogP contribution >= 0.6 is 0 Å². The first-order valence-corrected chi connectivity index (χ1v) is 12.9. The van der Waals surface area contributed by atoms with Gasteiger partial charge in [-0.05, 0) is 23.8 Å². The monoisotopic (exact) mass is 541 g/mol. The van der Waals surface area contributed by atoms with Crippen LogP contribution in [0.1, 0.15) is 31.0 Å². The van der Waals surface area contributed by atoms with Crippen molar-refractivity contribution >= 4 is 11.7 Å². The Balaban J connectivity index is 1.44. The van der Waals surface area contributed by atoms with Crippen LogP contribution < -0.4 is 10.5 Å². The fourth-order valence-electron chi connectivity index (χ4n) is 6.07. The number of aromatic nitrogens is 3. The van der Waals surface area contributed by atoms with Gasteiger partial charge in [0.25, 0.3) is 5.56 Å². The molecule has 0 saturated carbocycles. The second-order valence-corrected chi connectivity index (χ2v) is 10.7. The molecule has 1 amide bonds. The molecule has 2 saturated heterocycles. The highest BCUT2D eigenvalue weighted by atomic mass is 19.1. The Hall–Kier alpha value is -3.73. The van der Waals surface area contributed by atoms with Crippen LogP contribution in [0.2, 0.25) is 0 Å². The van der Waals surface area contributed by atoms with E-state index in [1.807, 2.05) is 13.8 Å². The molecule has 2 aliphatic rings. The van der Waals surface area contributed by atoms with E-state index in [4.69, 9.17) is 0 Å². The molecule has 206 valence electrons. The van der Waals surface area contributed by atoms with Crippen LogP contribution in [-0.2, 0) is 17.4 Å². The Kier molecular flexibility index (Phi) is 6.96. The fourth-order valence-corrected chi connectivity index (χ4v) is 6.07. The number of carbonyl (C=O) groups excluding carboxylic acids is 1. The minimum Gasteiger partial charge on any atom is -0.384 e. The quantitative estimate of drug-likeness (QED) is 0.547. The summed E-state index contributed by atoms with van der Waals surface area (Å²) in [4.78, 5) is 33.3. The lowest BCUT2D eigenvalue weighted by Crippen LogP contribution is -2.57. The Morgan fingerprint density at radius 3 is 2.26 bits per heavy atom. The van der Waals surface area contributed by atoms with Gasteiger partial charge in [-0.3, -0.25) is 14.6 Å². The number of pyridine rings is 1. The summed E-state index contributed by atoms with van der Waals surface area (Å²) in [7, 11) is 1.52. The maximum Gasteiger partial charge on any atom is 0.266 e. The second kappa shape index (κ2) is 10.1. The summed E-state index contributed by atoms with van der Waals surface area (Å²) >= 11 is 0. The van der Waals surface area contributed by atoms with Crippen molar-refractivity contribution in [3.8, 4) is 0 Å². The highest BCUT2D eigenvalue weighted by Crippen LogP contribution is 2.43. The zero-order valence-corrected chi connectivity index (χ0v) is 21.9. The van der Waals surface area contributed by atoms with Crippen LogP contribution in [0.4, 0.5) is 19.0 Å². The lowest BCUT2D eigenvalue weighted by atomic mass is 9.70. The Morgan fingerprint density at radius 2 is 1.64 bits per heavy atom. The van der Waals surface area contributed by atoms with E-state index >= 15 is 0 Å². The first-order valence-electron chi connectivity index (χ1n) is 12.9. The number of hydrogen-bond donors (Lipinski definition) is 1. The van der Waals surface area contributed by atoms with Crippen molar-refractivity contribution in [2.24, 2.45) is 24.8 Å². The molecule has 2 aliphatic heterocycles. The summed E-state index contributed by atoms with van der Waals surface area (Å²) in [6, 6.07) is 9.41. The van der Waals surface area contributed by atoms with E-state index < -0.39 is 34.9 Å². The topological polar surface area (TPSA) is 91.6 Å². The molecule has 3 aromatic rings. The van der Waals surface area contributed by atoms with Gasteiger partial charge in [-0.25, -0.2) is 17.9 Å². The van der Waals surface area contributed by atoms with E-state index in [9.17, 15) is 27.9 Å². The molecule has 8 nitrogen and oxygen atoms in total. The molecule has 1 aromatic carbocycles. The molecule has 0 aliphatic carbocycles. The Morgan fingerprint density at radius 1 is 0.974 bits per heavy atom. The van der Waals surface area contributed by atoms with Crippen molar-refractivity contribution in [1.82, 2.24) is 19.7 Å². The Labute approximate surface area is 223 Å². The number of aliphatic hydroxyl groups is 1. The molecule has 0 bridgehead atoms. The molecule has 2 aromatic heterocycles. The first-order chi connectivity index (χ1) is 18.5. The van der Waals surface area contributed by atoms with Gasteiger partial charge in [0.15, 0.2) is 0 Å². The average molecular weight is 542 g/mol. The highest BCUT2D eigenvalue weighted by molar-refractivity contribution is 5.82. The summed E-state index contributed by atoms with van der Waals surface area (Å²) < 4.78 is 43.3. The van der Waals surface area contributed by atoms with Gasteiger partial charge in [-0.15, -0.1) is 0 Å². The van der Waals surface area contributed by atoms with Gasteiger partial charge in [0.2, 0.25) is 5.91 Å². The van der Waals surface area contributed by atoms with E-state index in [2.05, 4.69) is 10.1 Å². The number of rotatable bonds is 4. The predicted octanol–water partition coefficient (Wildman–Crippen LogP) is 2.81. The number of halogens is 3. The number of carbonyl (C=O) groups is 1. The number of amides is 1. The van der Waals surface area contributed by atoms with E-state index in [0.717, 1.165) is 12.3 Å². The summed E-state index contributed by atoms with van der Waals surface area (Å²) in [5.74, 6) is -4.01. The average Bonchev–Trinajstić information content (AvgIpc) is 3.33. The molecule has 39 heavy (non-hydrogen) atoms. The minimum atomic E-state index is -1.27. The summed E-state index contributed by atoms with van der Waals surface area (Å²) in [6.45, 7) is 4.53. The molecule has 11 heteroatoms. The summed E-state index contributed by atoms with van der Waals surface area (Å²) in [5.41, 5.74) is -0.991. The predicted molar refractivity (Wildman–Crippen MR) is 137 cm³/mol. The Bertz CT molecular complexity index is 1440. The lowest BCUT2D eigenvalue weighted by Gasteiger charge is -2.48. The van der Waals surface area contributed by atoms with Gasteiger partial charge in [-0.1, -0.05) is 26.0 Å². The number of aryl methyl sites for hydroxylation is 1. The van der Waals surface area contributed by atoms with Crippen LogP contribution in [0.5, 0.6) is 0 Å². The van der Waals surface area contributed by atoms with Crippen LogP contribution in [0.15, 0.2) is 53.5 Å². The van der Waals surface area contributed by atoms with Crippen molar-refractivity contribution in [3.05, 3.63) is 87.7 Å². The number of hydrogen-bond acceptors (Lipinski definition) is 6. The van der Waals surface area contributed by atoms with Crippen molar-refractivity contribution < 1.29 is 23.1 Å². The number of anilines is 1. The van der Waals surface area contributed by atoms with Gasteiger partial charge >= 0.3 is 0 Å². The molecule has 1 unspecified atom stereocenters. The largest absolute Gasteiger partial charge is 0.384 e. The molecule has 5 atom stereocenters. The number of piperidine rings is 1. The van der Waals surface area contributed by atoms with E-state index in [1.165, 1.54) is 29.9 Å². The zero-order chi connectivity index (χ0) is 28.1. The zero-order valence-electron chi connectivity index (χ0n) is 21.9. The van der Waals surface area contributed by atoms with Crippen molar-refractivity contribution in [2.45, 2.75) is 25.4 Å². The van der Waals surface area contributed by atoms with E-state index in [1.54, 1.807) is 28.0 Å². The van der Waals surface area contributed by atoms with Crippen LogP contribution in [0.3, 0.4) is 0 Å².